The van der Waals surface area contributed by atoms with Crippen LogP contribution in [0.3, 0.4) is 0 Å². The van der Waals surface area contributed by atoms with E-state index < -0.39 is 0 Å². The number of nitrogens with zero attached hydrogens (tertiary/aromatic N) is 2. The SMILES string of the molecule is CC(N)Cc1cn2cc(Cl)ccc2n1. The molecule has 0 aromatic carbocycles. The maximum absolute atomic E-state index is 5.86. The molecule has 0 bridgehead atoms. The Bertz CT molecular complexity index is 448. The molecule has 1 atom stereocenters. The third-order valence-corrected chi connectivity index (χ3v) is 2.22. The molecule has 2 aromatic heterocycles. The van der Waals surface area contributed by atoms with E-state index in [1.807, 2.05) is 35.9 Å². The highest BCUT2D eigenvalue weighted by Gasteiger charge is 2.03. The molecule has 74 valence electrons. The summed E-state index contributed by atoms with van der Waals surface area (Å²) >= 11 is 5.86. The molecule has 4 heteroatoms. The smallest absolute Gasteiger partial charge is 0.137 e. The fourth-order valence-corrected chi connectivity index (χ4v) is 1.61. The first-order chi connectivity index (χ1) is 6.65. The van der Waals surface area contributed by atoms with Crippen molar-refractivity contribution in [3.8, 4) is 0 Å². The van der Waals surface area contributed by atoms with Crippen LogP contribution in [-0.4, -0.2) is 15.4 Å². The largest absolute Gasteiger partial charge is 0.328 e. The minimum absolute atomic E-state index is 0.135. The van der Waals surface area contributed by atoms with E-state index in [0.29, 0.717) is 5.02 Å². The monoisotopic (exact) mass is 209 g/mol. The third-order valence-electron chi connectivity index (χ3n) is 2.00. The second kappa shape index (κ2) is 3.59. The van der Waals surface area contributed by atoms with Gasteiger partial charge in [0.15, 0.2) is 0 Å². The Morgan fingerprint density at radius 2 is 2.29 bits per heavy atom. The van der Waals surface area contributed by atoms with Crippen LogP contribution < -0.4 is 5.73 Å². The van der Waals surface area contributed by atoms with Crippen molar-refractivity contribution in [1.82, 2.24) is 9.38 Å². The lowest BCUT2D eigenvalue weighted by atomic mass is 10.2. The molecule has 0 saturated heterocycles. The molecule has 0 aliphatic rings. The van der Waals surface area contributed by atoms with Gasteiger partial charge in [-0.05, 0) is 19.1 Å². The topological polar surface area (TPSA) is 43.3 Å². The predicted octanol–water partition coefficient (Wildman–Crippen LogP) is 1.88. The van der Waals surface area contributed by atoms with Gasteiger partial charge < -0.3 is 10.1 Å². The first-order valence-electron chi connectivity index (χ1n) is 4.54. The predicted molar refractivity (Wildman–Crippen MR) is 57.6 cm³/mol. The second-order valence-electron chi connectivity index (χ2n) is 3.53. The van der Waals surface area contributed by atoms with E-state index in [9.17, 15) is 0 Å². The van der Waals surface area contributed by atoms with Gasteiger partial charge >= 0.3 is 0 Å². The number of imidazole rings is 1. The Kier molecular flexibility index (Phi) is 2.44. The summed E-state index contributed by atoms with van der Waals surface area (Å²) in [5, 5.41) is 0.710. The van der Waals surface area contributed by atoms with Gasteiger partial charge in [0.1, 0.15) is 5.65 Å². The van der Waals surface area contributed by atoms with Crippen molar-refractivity contribution in [2.24, 2.45) is 5.73 Å². The molecular weight excluding hydrogens is 198 g/mol. The quantitative estimate of drug-likeness (QED) is 0.821. The summed E-state index contributed by atoms with van der Waals surface area (Å²) in [5.41, 5.74) is 7.61. The Balaban J connectivity index is 2.41. The Labute approximate surface area is 87.5 Å². The minimum atomic E-state index is 0.135. The molecule has 0 aliphatic heterocycles. The molecular formula is C10H12ClN3. The lowest BCUT2D eigenvalue weighted by molar-refractivity contribution is 0.726. The molecule has 0 radical (unpaired) electrons. The van der Waals surface area contributed by atoms with Gasteiger partial charge in [-0.1, -0.05) is 11.6 Å². The fraction of sp³-hybridized carbons (Fsp3) is 0.300. The van der Waals surface area contributed by atoms with Crippen LogP contribution in [0, 0.1) is 0 Å². The van der Waals surface area contributed by atoms with Crippen LogP contribution in [0.15, 0.2) is 24.5 Å². The van der Waals surface area contributed by atoms with Crippen LogP contribution in [0.5, 0.6) is 0 Å². The number of nitrogens with two attached hydrogens (primary N) is 1. The van der Waals surface area contributed by atoms with Gasteiger partial charge in [0, 0.05) is 24.9 Å². The van der Waals surface area contributed by atoms with Crippen LogP contribution in [0.1, 0.15) is 12.6 Å². The first kappa shape index (κ1) is 9.49. The molecule has 14 heavy (non-hydrogen) atoms. The van der Waals surface area contributed by atoms with Crippen molar-refractivity contribution in [2.75, 3.05) is 0 Å². The van der Waals surface area contributed by atoms with Crippen molar-refractivity contribution in [3.05, 3.63) is 35.2 Å². The normalized spacial score (nSPS) is 13.4. The summed E-state index contributed by atoms with van der Waals surface area (Å²) in [6.45, 7) is 1.97. The zero-order valence-electron chi connectivity index (χ0n) is 7.94. The first-order valence-corrected chi connectivity index (χ1v) is 4.91. The average Bonchev–Trinajstić information content (AvgIpc) is 2.44. The zero-order chi connectivity index (χ0) is 10.1. The van der Waals surface area contributed by atoms with Crippen molar-refractivity contribution in [3.63, 3.8) is 0 Å². The van der Waals surface area contributed by atoms with E-state index in [1.54, 1.807) is 0 Å². The second-order valence-corrected chi connectivity index (χ2v) is 3.96. The molecule has 2 aromatic rings. The Morgan fingerprint density at radius 1 is 1.50 bits per heavy atom. The fourth-order valence-electron chi connectivity index (χ4n) is 1.45. The molecule has 0 amide bonds. The maximum atomic E-state index is 5.86. The molecule has 0 spiro atoms. The van der Waals surface area contributed by atoms with E-state index in [4.69, 9.17) is 17.3 Å². The van der Waals surface area contributed by atoms with E-state index in [2.05, 4.69) is 4.98 Å². The Hall–Kier alpha value is -1.06. The van der Waals surface area contributed by atoms with E-state index in [-0.39, 0.29) is 6.04 Å². The summed E-state index contributed by atoms with van der Waals surface area (Å²) in [6.07, 6.45) is 4.60. The van der Waals surface area contributed by atoms with Crippen molar-refractivity contribution >= 4 is 17.2 Å². The number of aromatic nitrogens is 2. The highest BCUT2D eigenvalue weighted by Crippen LogP contribution is 2.12. The summed E-state index contributed by atoms with van der Waals surface area (Å²) in [6, 6.07) is 3.86. The molecule has 1 unspecified atom stereocenters. The third kappa shape index (κ3) is 1.89. The highest BCUT2D eigenvalue weighted by atomic mass is 35.5. The summed E-state index contributed by atoms with van der Waals surface area (Å²) in [7, 11) is 0. The van der Waals surface area contributed by atoms with Crippen LogP contribution in [0.2, 0.25) is 5.02 Å². The summed E-state index contributed by atoms with van der Waals surface area (Å²) in [4.78, 5) is 4.42. The average molecular weight is 210 g/mol. The number of hydrogen-bond acceptors (Lipinski definition) is 2. The minimum Gasteiger partial charge on any atom is -0.328 e. The van der Waals surface area contributed by atoms with Crippen LogP contribution in [-0.2, 0) is 6.42 Å². The molecule has 2 N–H and O–H groups in total. The van der Waals surface area contributed by atoms with Crippen LogP contribution in [0.4, 0.5) is 0 Å². The molecule has 2 heterocycles. The standard InChI is InChI=1S/C10H12ClN3/c1-7(12)4-9-6-14-5-8(11)2-3-10(14)13-9/h2-3,5-7H,4,12H2,1H3. The number of pyridine rings is 1. The zero-order valence-corrected chi connectivity index (χ0v) is 8.70. The van der Waals surface area contributed by atoms with Crippen molar-refractivity contribution in [2.45, 2.75) is 19.4 Å². The number of fused-ring (bicyclic) bond motifs is 1. The lowest BCUT2D eigenvalue weighted by Crippen LogP contribution is -2.17. The maximum Gasteiger partial charge on any atom is 0.137 e. The van der Waals surface area contributed by atoms with Gasteiger partial charge in [-0.25, -0.2) is 4.98 Å². The summed E-state index contributed by atoms with van der Waals surface area (Å²) < 4.78 is 1.92. The van der Waals surface area contributed by atoms with E-state index in [1.165, 1.54) is 0 Å². The van der Waals surface area contributed by atoms with Gasteiger partial charge in [0.25, 0.3) is 0 Å². The number of halogens is 1. The van der Waals surface area contributed by atoms with Gasteiger partial charge in [0.2, 0.25) is 0 Å². The van der Waals surface area contributed by atoms with Gasteiger partial charge in [-0.3, -0.25) is 0 Å². The van der Waals surface area contributed by atoms with Crippen LogP contribution >= 0.6 is 11.6 Å². The summed E-state index contributed by atoms with van der Waals surface area (Å²) in [5.74, 6) is 0. The van der Waals surface area contributed by atoms with E-state index in [0.717, 1.165) is 17.8 Å². The lowest BCUT2D eigenvalue weighted by Gasteiger charge is -1.98. The molecule has 0 aliphatic carbocycles. The van der Waals surface area contributed by atoms with Gasteiger partial charge in [-0.15, -0.1) is 0 Å². The van der Waals surface area contributed by atoms with Gasteiger partial charge in [-0.2, -0.15) is 0 Å². The molecule has 3 nitrogen and oxygen atoms in total. The molecule has 0 fully saturated rings. The van der Waals surface area contributed by atoms with Crippen molar-refractivity contribution < 1.29 is 0 Å². The van der Waals surface area contributed by atoms with Crippen molar-refractivity contribution in [1.29, 1.82) is 0 Å². The van der Waals surface area contributed by atoms with Gasteiger partial charge in [0.05, 0.1) is 10.7 Å². The number of rotatable bonds is 2. The van der Waals surface area contributed by atoms with E-state index >= 15 is 0 Å². The van der Waals surface area contributed by atoms with Crippen LogP contribution in [0.25, 0.3) is 5.65 Å². The highest BCUT2D eigenvalue weighted by molar-refractivity contribution is 6.30. The Morgan fingerprint density at radius 3 is 3.00 bits per heavy atom. The molecule has 0 saturated carbocycles. The number of hydrogen-bond donors (Lipinski definition) is 1. The molecule has 2 rings (SSSR count).